The lowest BCUT2D eigenvalue weighted by molar-refractivity contribution is 0.229. The molecule has 0 radical (unpaired) electrons. The lowest BCUT2D eigenvalue weighted by Gasteiger charge is -2.26. The molecule has 0 amide bonds. The third-order valence-electron chi connectivity index (χ3n) is 3.89. The maximum Gasteiger partial charge on any atom is 0.148 e. The smallest absolute Gasteiger partial charge is 0.148 e. The first kappa shape index (κ1) is 11.4. The van der Waals surface area contributed by atoms with Crippen LogP contribution in [0.15, 0.2) is 29.2 Å². The monoisotopic (exact) mass is 249 g/mol. The molecular formula is C13H19N3S. The molecule has 0 aromatic heterocycles. The summed E-state index contributed by atoms with van der Waals surface area (Å²) in [6.45, 7) is 4.49. The highest BCUT2D eigenvalue weighted by Crippen LogP contribution is 2.50. The highest BCUT2D eigenvalue weighted by molar-refractivity contribution is 8.00. The van der Waals surface area contributed by atoms with Crippen molar-refractivity contribution >= 4 is 17.4 Å². The number of hydrogen-bond donors (Lipinski definition) is 1. The van der Waals surface area contributed by atoms with Crippen LogP contribution in [0.3, 0.4) is 0 Å². The number of benzene rings is 1. The standard InChI is InChI=1S/C13H19N3S/c1-3-9-10(4-2)16(14)13-15(9)11-7-5-6-8-12(11)17-13/h5-10,13H,3-4,14H2,1-2H3. The van der Waals surface area contributed by atoms with Crippen LogP contribution in [0.4, 0.5) is 5.69 Å². The number of hydrogen-bond acceptors (Lipinski definition) is 4. The van der Waals surface area contributed by atoms with E-state index in [2.05, 4.69) is 48.0 Å². The number of nitrogens with two attached hydrogens (primary N) is 1. The van der Waals surface area contributed by atoms with E-state index in [-0.39, 0.29) is 0 Å². The molecule has 3 rings (SSSR count). The van der Waals surface area contributed by atoms with Gasteiger partial charge < -0.3 is 4.90 Å². The van der Waals surface area contributed by atoms with Gasteiger partial charge in [-0.2, -0.15) is 0 Å². The summed E-state index contributed by atoms with van der Waals surface area (Å²) < 4.78 is 0. The van der Waals surface area contributed by atoms with Gasteiger partial charge >= 0.3 is 0 Å². The minimum atomic E-state index is 0.294. The Morgan fingerprint density at radius 3 is 2.59 bits per heavy atom. The molecule has 2 N–H and O–H groups in total. The number of rotatable bonds is 2. The Morgan fingerprint density at radius 2 is 1.88 bits per heavy atom. The van der Waals surface area contributed by atoms with Gasteiger partial charge in [0.2, 0.25) is 0 Å². The molecule has 92 valence electrons. The Hall–Kier alpha value is -0.710. The molecule has 2 aliphatic rings. The van der Waals surface area contributed by atoms with E-state index in [1.54, 1.807) is 0 Å². The van der Waals surface area contributed by atoms with Gasteiger partial charge in [-0.1, -0.05) is 37.7 Å². The number of nitrogens with zero attached hydrogens (tertiary/aromatic N) is 2. The largest absolute Gasteiger partial charge is 0.340 e. The van der Waals surface area contributed by atoms with E-state index >= 15 is 0 Å². The van der Waals surface area contributed by atoms with Gasteiger partial charge in [-0.15, -0.1) is 0 Å². The minimum absolute atomic E-state index is 0.294. The fourth-order valence-corrected chi connectivity index (χ4v) is 4.45. The zero-order valence-corrected chi connectivity index (χ0v) is 11.2. The molecule has 0 saturated carbocycles. The third kappa shape index (κ3) is 1.51. The number of anilines is 1. The summed E-state index contributed by atoms with van der Waals surface area (Å²) in [6.07, 6.45) is 2.27. The van der Waals surface area contributed by atoms with Crippen molar-refractivity contribution in [2.75, 3.05) is 4.90 Å². The van der Waals surface area contributed by atoms with Crippen LogP contribution >= 0.6 is 11.8 Å². The van der Waals surface area contributed by atoms with Crippen LogP contribution in [0.1, 0.15) is 26.7 Å². The molecule has 2 aliphatic heterocycles. The van der Waals surface area contributed by atoms with E-state index in [9.17, 15) is 0 Å². The second kappa shape index (κ2) is 4.19. The Morgan fingerprint density at radius 1 is 1.18 bits per heavy atom. The first-order valence-electron chi connectivity index (χ1n) is 6.35. The van der Waals surface area contributed by atoms with Crippen LogP contribution in [-0.4, -0.2) is 22.6 Å². The van der Waals surface area contributed by atoms with E-state index in [0.29, 0.717) is 17.6 Å². The van der Waals surface area contributed by atoms with Gasteiger partial charge in [-0.3, -0.25) is 5.84 Å². The lowest BCUT2D eigenvalue weighted by atomic mass is 10.0. The van der Waals surface area contributed by atoms with Crippen molar-refractivity contribution in [1.82, 2.24) is 5.01 Å². The summed E-state index contributed by atoms with van der Waals surface area (Å²) in [5, 5.41) is 2.05. The number of fused-ring (bicyclic) bond motifs is 3. The SMILES string of the molecule is CCC1C(CC)N2c3ccccc3SC2N1N. The summed E-state index contributed by atoms with van der Waals surface area (Å²) >= 11 is 1.88. The van der Waals surface area contributed by atoms with Gasteiger partial charge in [-0.05, 0) is 25.0 Å². The van der Waals surface area contributed by atoms with Gasteiger partial charge in [0.15, 0.2) is 0 Å². The average molecular weight is 249 g/mol. The Bertz CT molecular complexity index is 423. The predicted molar refractivity (Wildman–Crippen MR) is 72.8 cm³/mol. The van der Waals surface area contributed by atoms with E-state index in [1.807, 2.05) is 11.8 Å². The van der Waals surface area contributed by atoms with Gasteiger partial charge in [0.05, 0.1) is 5.69 Å². The van der Waals surface area contributed by atoms with E-state index in [4.69, 9.17) is 5.84 Å². The fourth-order valence-electron chi connectivity index (χ4n) is 3.11. The molecule has 4 heteroatoms. The number of hydrazine groups is 1. The van der Waals surface area contributed by atoms with Crippen LogP contribution in [0, 0.1) is 0 Å². The van der Waals surface area contributed by atoms with Gasteiger partial charge in [-0.25, -0.2) is 5.01 Å². The maximum absolute atomic E-state index is 6.29. The van der Waals surface area contributed by atoms with Crippen LogP contribution in [0.2, 0.25) is 0 Å². The van der Waals surface area contributed by atoms with Gasteiger partial charge in [0.1, 0.15) is 5.50 Å². The normalized spacial score (nSPS) is 31.7. The van der Waals surface area contributed by atoms with E-state index in [0.717, 1.165) is 12.8 Å². The van der Waals surface area contributed by atoms with E-state index in [1.165, 1.54) is 10.6 Å². The summed E-state index contributed by atoms with van der Waals surface area (Å²) in [5.41, 5.74) is 1.66. The molecule has 3 atom stereocenters. The molecular weight excluding hydrogens is 230 g/mol. The fraction of sp³-hybridized carbons (Fsp3) is 0.538. The first-order chi connectivity index (χ1) is 8.27. The average Bonchev–Trinajstić information content (AvgIpc) is 2.85. The van der Waals surface area contributed by atoms with Crippen molar-refractivity contribution in [2.24, 2.45) is 5.84 Å². The zero-order valence-electron chi connectivity index (χ0n) is 10.3. The maximum atomic E-state index is 6.29. The molecule has 2 heterocycles. The Labute approximate surface area is 107 Å². The quantitative estimate of drug-likeness (QED) is 0.817. The molecule has 0 aliphatic carbocycles. The Kier molecular flexibility index (Phi) is 2.81. The molecule has 1 aromatic carbocycles. The summed E-state index contributed by atoms with van der Waals surface area (Å²) in [7, 11) is 0. The first-order valence-corrected chi connectivity index (χ1v) is 7.23. The molecule has 0 bridgehead atoms. The molecule has 3 nitrogen and oxygen atoms in total. The second-order valence-electron chi connectivity index (χ2n) is 4.72. The number of para-hydroxylation sites is 1. The van der Waals surface area contributed by atoms with Gasteiger partial charge in [0, 0.05) is 17.0 Å². The van der Waals surface area contributed by atoms with Crippen LogP contribution in [0.5, 0.6) is 0 Å². The number of thioether (sulfide) groups is 1. The molecule has 3 unspecified atom stereocenters. The predicted octanol–water partition coefficient (Wildman–Crippen LogP) is 2.63. The Balaban J connectivity index is 2.02. The summed E-state index contributed by atoms with van der Waals surface area (Å²) in [5.74, 6) is 6.29. The van der Waals surface area contributed by atoms with Crippen molar-refractivity contribution in [3.63, 3.8) is 0 Å². The highest BCUT2D eigenvalue weighted by Gasteiger charge is 2.48. The lowest BCUT2D eigenvalue weighted by Crippen LogP contribution is -2.42. The van der Waals surface area contributed by atoms with Crippen molar-refractivity contribution in [1.29, 1.82) is 0 Å². The van der Waals surface area contributed by atoms with E-state index < -0.39 is 0 Å². The molecule has 17 heavy (non-hydrogen) atoms. The minimum Gasteiger partial charge on any atom is -0.340 e. The van der Waals surface area contributed by atoms with Crippen LogP contribution < -0.4 is 10.7 Å². The van der Waals surface area contributed by atoms with Crippen molar-refractivity contribution in [3.05, 3.63) is 24.3 Å². The zero-order chi connectivity index (χ0) is 12.0. The second-order valence-corrected chi connectivity index (χ2v) is 5.81. The topological polar surface area (TPSA) is 32.5 Å². The summed E-state index contributed by atoms with van der Waals surface area (Å²) in [4.78, 5) is 3.87. The van der Waals surface area contributed by atoms with Crippen molar-refractivity contribution in [3.8, 4) is 0 Å². The van der Waals surface area contributed by atoms with Crippen LogP contribution in [-0.2, 0) is 0 Å². The third-order valence-corrected chi connectivity index (χ3v) is 5.17. The van der Waals surface area contributed by atoms with Crippen LogP contribution in [0.25, 0.3) is 0 Å². The summed E-state index contributed by atoms with van der Waals surface area (Å²) in [6, 6.07) is 9.66. The van der Waals surface area contributed by atoms with Gasteiger partial charge in [0.25, 0.3) is 0 Å². The van der Waals surface area contributed by atoms with Crippen molar-refractivity contribution < 1.29 is 0 Å². The highest BCUT2D eigenvalue weighted by atomic mass is 32.2. The van der Waals surface area contributed by atoms with Crippen molar-refractivity contribution in [2.45, 2.75) is 49.2 Å². The molecule has 1 fully saturated rings. The molecule has 0 spiro atoms. The molecule has 1 aromatic rings. The molecule has 1 saturated heterocycles.